The summed E-state index contributed by atoms with van der Waals surface area (Å²) in [5, 5.41) is 19.1. The SMILES string of the molecule is OCCNCCO.[Cu+]. The molecular formula is C4H11CuNO2+. The van der Waals surface area contributed by atoms with Crippen LogP contribution in [-0.2, 0) is 17.1 Å². The first kappa shape index (κ1) is 11.2. The molecule has 0 amide bonds. The van der Waals surface area contributed by atoms with Gasteiger partial charge in [0, 0.05) is 13.1 Å². The topological polar surface area (TPSA) is 52.5 Å². The molecule has 0 aromatic rings. The Bertz CT molecular complexity index is 33.2. The average molecular weight is 169 g/mol. The maximum absolute atomic E-state index is 8.15. The summed E-state index contributed by atoms with van der Waals surface area (Å²) < 4.78 is 0. The smallest absolute Gasteiger partial charge is 0.395 e. The molecule has 0 saturated heterocycles. The second-order valence-electron chi connectivity index (χ2n) is 1.20. The monoisotopic (exact) mass is 168 g/mol. The Kier molecular flexibility index (Phi) is 14.6. The van der Waals surface area contributed by atoms with Gasteiger partial charge in [0.1, 0.15) is 0 Å². The summed E-state index contributed by atoms with van der Waals surface area (Å²) in [5.41, 5.74) is 0. The van der Waals surface area contributed by atoms with Gasteiger partial charge < -0.3 is 15.5 Å². The van der Waals surface area contributed by atoms with Gasteiger partial charge in [-0.05, 0) is 0 Å². The molecule has 0 unspecified atom stereocenters. The fourth-order valence-corrected chi connectivity index (χ4v) is 0.283. The van der Waals surface area contributed by atoms with Crippen molar-refractivity contribution in [1.29, 1.82) is 0 Å². The average Bonchev–Trinajstić information content (AvgIpc) is 1.69. The van der Waals surface area contributed by atoms with Gasteiger partial charge in [-0.1, -0.05) is 0 Å². The van der Waals surface area contributed by atoms with Gasteiger partial charge in [-0.2, -0.15) is 0 Å². The van der Waals surface area contributed by atoms with E-state index in [0.29, 0.717) is 13.1 Å². The van der Waals surface area contributed by atoms with Crippen LogP contribution in [0.5, 0.6) is 0 Å². The van der Waals surface area contributed by atoms with Crippen molar-refractivity contribution in [1.82, 2.24) is 5.32 Å². The van der Waals surface area contributed by atoms with E-state index in [1.54, 1.807) is 0 Å². The molecule has 0 saturated carbocycles. The van der Waals surface area contributed by atoms with Crippen LogP contribution in [0.2, 0.25) is 0 Å². The molecular weight excluding hydrogens is 158 g/mol. The molecule has 0 aromatic heterocycles. The van der Waals surface area contributed by atoms with Gasteiger partial charge in [0.15, 0.2) is 0 Å². The van der Waals surface area contributed by atoms with Crippen LogP contribution in [0.1, 0.15) is 0 Å². The molecule has 3 nitrogen and oxygen atoms in total. The first-order chi connectivity index (χ1) is 3.41. The van der Waals surface area contributed by atoms with Crippen molar-refractivity contribution in [3.63, 3.8) is 0 Å². The first-order valence-electron chi connectivity index (χ1n) is 2.34. The van der Waals surface area contributed by atoms with Crippen molar-refractivity contribution in [2.45, 2.75) is 0 Å². The number of aliphatic hydroxyl groups is 2. The molecule has 0 aliphatic carbocycles. The molecule has 0 fully saturated rings. The van der Waals surface area contributed by atoms with E-state index in [-0.39, 0.29) is 30.3 Å². The molecule has 0 aromatic carbocycles. The van der Waals surface area contributed by atoms with Gasteiger partial charge in [0.2, 0.25) is 0 Å². The van der Waals surface area contributed by atoms with Crippen molar-refractivity contribution < 1.29 is 27.3 Å². The summed E-state index contributed by atoms with van der Waals surface area (Å²) in [5.74, 6) is 0. The molecule has 0 atom stereocenters. The third kappa shape index (κ3) is 9.64. The van der Waals surface area contributed by atoms with E-state index in [1.807, 2.05) is 0 Å². The number of nitrogens with one attached hydrogen (secondary N) is 1. The quantitative estimate of drug-likeness (QED) is 0.356. The van der Waals surface area contributed by atoms with Crippen LogP contribution in [0.4, 0.5) is 0 Å². The Morgan fingerprint density at radius 3 is 1.62 bits per heavy atom. The van der Waals surface area contributed by atoms with Crippen LogP contribution >= 0.6 is 0 Å². The molecule has 0 heterocycles. The predicted molar refractivity (Wildman–Crippen MR) is 27.0 cm³/mol. The van der Waals surface area contributed by atoms with Gasteiger partial charge in [0.05, 0.1) is 13.2 Å². The van der Waals surface area contributed by atoms with E-state index in [0.717, 1.165) is 0 Å². The molecule has 0 aliphatic rings. The van der Waals surface area contributed by atoms with E-state index in [1.165, 1.54) is 0 Å². The van der Waals surface area contributed by atoms with Gasteiger partial charge in [-0.3, -0.25) is 0 Å². The summed E-state index contributed by atoms with van der Waals surface area (Å²) in [6, 6.07) is 0. The van der Waals surface area contributed by atoms with Crippen molar-refractivity contribution >= 4 is 0 Å². The summed E-state index contributed by atoms with van der Waals surface area (Å²) in [6.45, 7) is 1.42. The molecule has 0 radical (unpaired) electrons. The van der Waals surface area contributed by atoms with E-state index < -0.39 is 0 Å². The molecule has 0 bridgehead atoms. The molecule has 0 rings (SSSR count). The zero-order valence-corrected chi connectivity index (χ0v) is 5.47. The van der Waals surface area contributed by atoms with Crippen molar-refractivity contribution in [2.24, 2.45) is 0 Å². The first-order valence-corrected chi connectivity index (χ1v) is 2.34. The molecule has 54 valence electrons. The number of hydrogen-bond donors (Lipinski definition) is 3. The van der Waals surface area contributed by atoms with Crippen LogP contribution in [0.25, 0.3) is 0 Å². The largest absolute Gasteiger partial charge is 1.00 e. The van der Waals surface area contributed by atoms with E-state index in [4.69, 9.17) is 10.2 Å². The minimum atomic E-state index is 0. The Morgan fingerprint density at radius 1 is 1.00 bits per heavy atom. The standard InChI is InChI=1S/C4H11NO2.Cu/c6-3-1-5-2-4-7;/h5-7H,1-4H2;/q;+1. The molecule has 0 spiro atoms. The van der Waals surface area contributed by atoms with Crippen LogP contribution in [-0.4, -0.2) is 36.5 Å². The van der Waals surface area contributed by atoms with Crippen molar-refractivity contribution in [2.75, 3.05) is 26.3 Å². The van der Waals surface area contributed by atoms with Gasteiger partial charge in [-0.25, -0.2) is 0 Å². The van der Waals surface area contributed by atoms with E-state index in [9.17, 15) is 0 Å². The number of aliphatic hydroxyl groups excluding tert-OH is 2. The third-order valence-electron chi connectivity index (χ3n) is 0.577. The molecule has 3 N–H and O–H groups in total. The predicted octanol–water partition coefficient (Wildman–Crippen LogP) is -1.44. The normalized spacial score (nSPS) is 8.25. The summed E-state index contributed by atoms with van der Waals surface area (Å²) in [6.07, 6.45) is 0. The summed E-state index contributed by atoms with van der Waals surface area (Å²) in [7, 11) is 0. The number of rotatable bonds is 4. The van der Waals surface area contributed by atoms with Gasteiger partial charge in [0.25, 0.3) is 0 Å². The minimum absolute atomic E-state index is 0. The Balaban J connectivity index is 0. The van der Waals surface area contributed by atoms with Crippen LogP contribution in [0, 0.1) is 0 Å². The second-order valence-corrected chi connectivity index (χ2v) is 1.20. The number of hydrogen-bond acceptors (Lipinski definition) is 3. The maximum Gasteiger partial charge on any atom is 1.00 e. The molecule has 0 aliphatic heterocycles. The Morgan fingerprint density at radius 2 is 1.38 bits per heavy atom. The third-order valence-corrected chi connectivity index (χ3v) is 0.577. The van der Waals surface area contributed by atoms with E-state index in [2.05, 4.69) is 5.32 Å². The Hall–Kier alpha value is 0.399. The van der Waals surface area contributed by atoms with Crippen molar-refractivity contribution in [3.05, 3.63) is 0 Å². The van der Waals surface area contributed by atoms with Crippen LogP contribution in [0.3, 0.4) is 0 Å². The Labute approximate surface area is 59.6 Å². The second kappa shape index (κ2) is 10.4. The zero-order chi connectivity index (χ0) is 5.54. The molecule has 8 heavy (non-hydrogen) atoms. The van der Waals surface area contributed by atoms with Crippen molar-refractivity contribution in [3.8, 4) is 0 Å². The zero-order valence-electron chi connectivity index (χ0n) is 4.52. The van der Waals surface area contributed by atoms with E-state index >= 15 is 0 Å². The van der Waals surface area contributed by atoms with Crippen LogP contribution in [0.15, 0.2) is 0 Å². The fraction of sp³-hybridized carbons (Fsp3) is 1.00. The maximum atomic E-state index is 8.15. The van der Waals surface area contributed by atoms with Gasteiger partial charge in [-0.15, -0.1) is 0 Å². The molecule has 4 heteroatoms. The fourth-order valence-electron chi connectivity index (χ4n) is 0.283. The van der Waals surface area contributed by atoms with Crippen LogP contribution < -0.4 is 5.32 Å². The van der Waals surface area contributed by atoms with Gasteiger partial charge >= 0.3 is 17.1 Å². The minimum Gasteiger partial charge on any atom is -0.395 e. The summed E-state index contributed by atoms with van der Waals surface area (Å²) >= 11 is 0. The summed E-state index contributed by atoms with van der Waals surface area (Å²) in [4.78, 5) is 0.